The lowest BCUT2D eigenvalue weighted by atomic mass is 10.2. The van der Waals surface area contributed by atoms with Crippen LogP contribution in [0.15, 0.2) is 4.60 Å². The Hall–Kier alpha value is -0.640. The van der Waals surface area contributed by atoms with Gasteiger partial charge in [0, 0.05) is 19.5 Å². The lowest BCUT2D eigenvalue weighted by Crippen LogP contribution is -1.96. The van der Waals surface area contributed by atoms with Gasteiger partial charge in [-0.2, -0.15) is 5.10 Å². The molecule has 0 spiro atoms. The molecule has 1 rings (SSSR count). The van der Waals surface area contributed by atoms with E-state index in [4.69, 9.17) is 0 Å². The minimum atomic E-state index is 0.00352. The van der Waals surface area contributed by atoms with Crippen molar-refractivity contribution in [3.63, 3.8) is 0 Å². The van der Waals surface area contributed by atoms with Crippen molar-refractivity contribution in [2.75, 3.05) is 0 Å². The van der Waals surface area contributed by atoms with Gasteiger partial charge >= 0.3 is 0 Å². The molecule has 0 aliphatic rings. The van der Waals surface area contributed by atoms with Crippen LogP contribution in [0.25, 0.3) is 0 Å². The lowest BCUT2D eigenvalue weighted by molar-refractivity contribution is 0.101. The number of carbonyl (C=O) groups is 1. The predicted molar refractivity (Wildman–Crippen MR) is 45.6 cm³/mol. The topological polar surface area (TPSA) is 34.9 Å². The smallest absolute Gasteiger partial charge is 0.180 e. The first kappa shape index (κ1) is 8.46. The molecule has 0 aromatic carbocycles. The summed E-state index contributed by atoms with van der Waals surface area (Å²) in [4.78, 5) is 10.9. The minimum absolute atomic E-state index is 0.00352. The molecule has 11 heavy (non-hydrogen) atoms. The number of rotatable bonds is 1. The van der Waals surface area contributed by atoms with Crippen LogP contribution in [0.1, 0.15) is 23.0 Å². The summed E-state index contributed by atoms with van der Waals surface area (Å²) in [6, 6.07) is 0. The van der Waals surface area contributed by atoms with E-state index in [1.807, 2.05) is 6.92 Å². The number of Topliss-reactive ketones (excluding diaryl/α,β-unsaturated/α-hetero) is 1. The van der Waals surface area contributed by atoms with Crippen molar-refractivity contribution < 1.29 is 4.79 Å². The average Bonchev–Trinajstić information content (AvgIpc) is 2.17. The van der Waals surface area contributed by atoms with E-state index >= 15 is 0 Å². The first-order valence-electron chi connectivity index (χ1n) is 3.24. The molecule has 0 saturated carbocycles. The summed E-state index contributed by atoms with van der Waals surface area (Å²) >= 11 is 3.32. The zero-order valence-electron chi connectivity index (χ0n) is 6.68. The lowest BCUT2D eigenvalue weighted by Gasteiger charge is -1.88. The highest BCUT2D eigenvalue weighted by Gasteiger charge is 2.12. The van der Waals surface area contributed by atoms with Crippen LogP contribution in [0, 0.1) is 6.92 Å². The fraction of sp³-hybridized carbons (Fsp3) is 0.429. The molecular formula is C7H9BrN2O. The van der Waals surface area contributed by atoms with Crippen molar-refractivity contribution >= 4 is 21.7 Å². The van der Waals surface area contributed by atoms with E-state index in [2.05, 4.69) is 21.0 Å². The second kappa shape index (κ2) is 2.77. The molecule has 0 bridgehead atoms. The van der Waals surface area contributed by atoms with Gasteiger partial charge in [0.15, 0.2) is 5.78 Å². The fourth-order valence-electron chi connectivity index (χ4n) is 0.944. The Morgan fingerprint density at radius 2 is 2.18 bits per heavy atom. The summed E-state index contributed by atoms with van der Waals surface area (Å²) < 4.78 is 2.51. The van der Waals surface area contributed by atoms with Gasteiger partial charge in [-0.15, -0.1) is 0 Å². The Kier molecular flexibility index (Phi) is 2.13. The van der Waals surface area contributed by atoms with Crippen LogP contribution in [0.3, 0.4) is 0 Å². The summed E-state index contributed by atoms with van der Waals surface area (Å²) in [7, 11) is 1.80. The predicted octanol–water partition coefficient (Wildman–Crippen LogP) is 1.69. The summed E-state index contributed by atoms with van der Waals surface area (Å²) in [6.45, 7) is 3.38. The first-order valence-corrected chi connectivity index (χ1v) is 4.03. The number of carbonyl (C=O) groups excluding carboxylic acids is 1. The van der Waals surface area contributed by atoms with Gasteiger partial charge in [0.2, 0.25) is 0 Å². The van der Waals surface area contributed by atoms with Gasteiger partial charge in [-0.1, -0.05) is 0 Å². The van der Waals surface area contributed by atoms with Crippen LogP contribution in [-0.4, -0.2) is 15.6 Å². The summed E-state index contributed by atoms with van der Waals surface area (Å²) in [5.41, 5.74) is 1.44. The van der Waals surface area contributed by atoms with E-state index in [9.17, 15) is 4.79 Å². The summed E-state index contributed by atoms with van der Waals surface area (Å²) in [5.74, 6) is 0.00352. The highest BCUT2D eigenvalue weighted by atomic mass is 79.9. The number of nitrogens with zero attached hydrogens (tertiary/aromatic N) is 2. The second-order valence-corrected chi connectivity index (χ2v) is 3.20. The van der Waals surface area contributed by atoms with Crippen molar-refractivity contribution in [3.05, 3.63) is 15.9 Å². The third kappa shape index (κ3) is 1.35. The molecule has 3 nitrogen and oxygen atoms in total. The monoisotopic (exact) mass is 216 g/mol. The number of halogens is 1. The van der Waals surface area contributed by atoms with Crippen molar-refractivity contribution in [3.8, 4) is 0 Å². The second-order valence-electron chi connectivity index (χ2n) is 2.44. The highest BCUT2D eigenvalue weighted by molar-refractivity contribution is 9.10. The van der Waals surface area contributed by atoms with E-state index in [-0.39, 0.29) is 5.78 Å². The van der Waals surface area contributed by atoms with E-state index in [0.29, 0.717) is 5.69 Å². The Bertz CT molecular complexity index is 304. The molecule has 60 valence electrons. The molecule has 4 heteroatoms. The molecule has 1 aromatic rings. The van der Waals surface area contributed by atoms with Crippen molar-refractivity contribution in [2.45, 2.75) is 13.8 Å². The standard InChI is InChI=1S/C7H9BrN2O/c1-4-6(5(2)11)9-10(3)7(4)8/h1-3H3. The molecule has 0 radical (unpaired) electrons. The molecular weight excluding hydrogens is 208 g/mol. The summed E-state index contributed by atoms with van der Waals surface area (Å²) in [6.07, 6.45) is 0. The Balaban J connectivity index is 3.29. The third-order valence-corrected chi connectivity index (χ3v) is 2.64. The van der Waals surface area contributed by atoms with E-state index in [0.717, 1.165) is 10.2 Å². The maximum absolute atomic E-state index is 10.9. The van der Waals surface area contributed by atoms with Gasteiger partial charge in [0.1, 0.15) is 10.3 Å². The first-order chi connectivity index (χ1) is 5.04. The van der Waals surface area contributed by atoms with E-state index in [1.54, 1.807) is 11.7 Å². The third-order valence-electron chi connectivity index (χ3n) is 1.53. The number of hydrogen-bond acceptors (Lipinski definition) is 2. The number of ketones is 1. The molecule has 0 unspecified atom stereocenters. The maximum Gasteiger partial charge on any atom is 0.180 e. The normalized spacial score (nSPS) is 10.2. The largest absolute Gasteiger partial charge is 0.293 e. The Morgan fingerprint density at radius 1 is 1.64 bits per heavy atom. The highest BCUT2D eigenvalue weighted by Crippen LogP contribution is 2.18. The van der Waals surface area contributed by atoms with E-state index < -0.39 is 0 Å². The van der Waals surface area contributed by atoms with Crippen LogP contribution < -0.4 is 0 Å². The van der Waals surface area contributed by atoms with Crippen LogP contribution in [0.2, 0.25) is 0 Å². The van der Waals surface area contributed by atoms with Crippen LogP contribution in [0.4, 0.5) is 0 Å². The molecule has 0 amide bonds. The molecule has 0 saturated heterocycles. The van der Waals surface area contributed by atoms with Gasteiger partial charge in [-0.25, -0.2) is 0 Å². The zero-order valence-corrected chi connectivity index (χ0v) is 8.27. The number of aryl methyl sites for hydroxylation is 1. The molecule has 0 fully saturated rings. The molecule has 0 aliphatic heterocycles. The van der Waals surface area contributed by atoms with Gasteiger partial charge in [-0.3, -0.25) is 9.48 Å². The number of hydrogen-bond donors (Lipinski definition) is 0. The minimum Gasteiger partial charge on any atom is -0.293 e. The van der Waals surface area contributed by atoms with Crippen molar-refractivity contribution in [2.24, 2.45) is 7.05 Å². The number of aromatic nitrogens is 2. The van der Waals surface area contributed by atoms with Crippen LogP contribution in [0.5, 0.6) is 0 Å². The SMILES string of the molecule is CC(=O)c1nn(C)c(Br)c1C. The Morgan fingerprint density at radius 3 is 2.36 bits per heavy atom. The molecule has 0 aliphatic carbocycles. The fourth-order valence-corrected chi connectivity index (χ4v) is 1.21. The van der Waals surface area contributed by atoms with Gasteiger partial charge in [0.25, 0.3) is 0 Å². The van der Waals surface area contributed by atoms with Gasteiger partial charge in [0.05, 0.1) is 0 Å². The van der Waals surface area contributed by atoms with Gasteiger partial charge < -0.3 is 0 Å². The quantitative estimate of drug-likeness (QED) is 0.671. The van der Waals surface area contributed by atoms with Gasteiger partial charge in [-0.05, 0) is 22.9 Å². The van der Waals surface area contributed by atoms with Crippen LogP contribution in [-0.2, 0) is 7.05 Å². The van der Waals surface area contributed by atoms with Crippen molar-refractivity contribution in [1.29, 1.82) is 0 Å². The Labute approximate surface area is 73.5 Å². The summed E-state index contributed by atoms with van der Waals surface area (Å²) in [5, 5.41) is 4.03. The molecule has 0 atom stereocenters. The molecule has 1 aromatic heterocycles. The molecule has 0 N–H and O–H groups in total. The van der Waals surface area contributed by atoms with Crippen LogP contribution >= 0.6 is 15.9 Å². The average molecular weight is 217 g/mol. The zero-order chi connectivity index (χ0) is 8.59. The van der Waals surface area contributed by atoms with E-state index in [1.165, 1.54) is 6.92 Å². The van der Waals surface area contributed by atoms with Crippen molar-refractivity contribution in [1.82, 2.24) is 9.78 Å². The maximum atomic E-state index is 10.9. The molecule has 1 heterocycles.